The van der Waals surface area contributed by atoms with Gasteiger partial charge in [0.1, 0.15) is 12.3 Å². The second kappa shape index (κ2) is 17.2. The van der Waals surface area contributed by atoms with E-state index in [2.05, 4.69) is 5.09 Å². The number of ether oxygens (including phenoxy) is 2. The summed E-state index contributed by atoms with van der Waals surface area (Å²) in [7, 11) is 1.65. The average Bonchev–Trinajstić information content (AvgIpc) is 2.83. The van der Waals surface area contributed by atoms with Crippen molar-refractivity contribution in [2.75, 3.05) is 33.9 Å². The highest BCUT2D eigenvalue weighted by Gasteiger charge is 2.21. The zero-order chi connectivity index (χ0) is 25.3. The molecule has 1 aromatic carbocycles. The summed E-state index contributed by atoms with van der Waals surface area (Å²) < 4.78 is 22.4. The van der Waals surface area contributed by atoms with Gasteiger partial charge >= 0.3 is 14.5 Å². The third-order valence-electron chi connectivity index (χ3n) is 4.51. The van der Waals surface area contributed by atoms with Crippen molar-refractivity contribution >= 4 is 38.4 Å². The molecule has 0 bridgehead atoms. The Morgan fingerprint density at radius 2 is 2.03 bits per heavy atom. The predicted molar refractivity (Wildman–Crippen MR) is 130 cm³/mol. The molecule has 1 rings (SSSR count). The molecule has 2 N–H and O–H groups in total. The maximum absolute atomic E-state index is 11.9. The first-order valence-corrected chi connectivity index (χ1v) is 12.3. The molecule has 12 heteroatoms. The van der Waals surface area contributed by atoms with Gasteiger partial charge in [0.25, 0.3) is 5.91 Å². The lowest BCUT2D eigenvalue weighted by Gasteiger charge is -2.27. The zero-order valence-electron chi connectivity index (χ0n) is 19.9. The van der Waals surface area contributed by atoms with Gasteiger partial charge in [-0.25, -0.2) is 5.09 Å². The standard InChI is InChI=1S/C22H33ClN3O7P/c1-5-12-31-22(29)14-25-34(33-20-9-7-6-8-19(20)23)32-15-18(30-4)13-17(2)26(3)11-10-21(28)24-16-27/h6-11,16-18,25H,5,12-15H2,1-4H3,(H,24,27,28)/b11-10-. The molecule has 0 heterocycles. The molecule has 34 heavy (non-hydrogen) atoms. The summed E-state index contributed by atoms with van der Waals surface area (Å²) in [6, 6.07) is 6.95. The Bertz CT molecular complexity index is 800. The summed E-state index contributed by atoms with van der Waals surface area (Å²) in [5.74, 6) is -0.498. The molecule has 0 aliphatic rings. The van der Waals surface area contributed by atoms with Crippen molar-refractivity contribution in [2.24, 2.45) is 0 Å². The van der Waals surface area contributed by atoms with E-state index in [1.54, 1.807) is 44.6 Å². The Morgan fingerprint density at radius 3 is 2.68 bits per heavy atom. The van der Waals surface area contributed by atoms with Crippen LogP contribution in [0.3, 0.4) is 0 Å². The smallest absolute Gasteiger partial charge is 0.320 e. The average molecular weight is 518 g/mol. The molecule has 1 aromatic rings. The van der Waals surface area contributed by atoms with E-state index in [0.717, 1.165) is 6.42 Å². The van der Waals surface area contributed by atoms with E-state index in [0.29, 0.717) is 30.2 Å². The number of rotatable bonds is 17. The largest absolute Gasteiger partial charge is 0.465 e. The molecule has 0 aromatic heterocycles. The van der Waals surface area contributed by atoms with Crippen LogP contribution in [0.2, 0.25) is 5.02 Å². The Hall–Kier alpha value is -2.23. The number of carbonyl (C=O) groups excluding carboxylic acids is 3. The van der Waals surface area contributed by atoms with Gasteiger partial charge in [0.05, 0.1) is 24.3 Å². The molecule has 3 atom stereocenters. The summed E-state index contributed by atoms with van der Waals surface area (Å²) in [4.78, 5) is 35.4. The molecule has 2 amide bonds. The van der Waals surface area contributed by atoms with Crippen molar-refractivity contribution in [1.82, 2.24) is 15.3 Å². The summed E-state index contributed by atoms with van der Waals surface area (Å²) >= 11 is 6.19. The second-order valence-corrected chi connectivity index (χ2v) is 8.86. The van der Waals surface area contributed by atoms with Crippen molar-refractivity contribution in [2.45, 2.75) is 38.8 Å². The lowest BCUT2D eigenvalue weighted by molar-refractivity contribution is -0.142. The highest BCUT2D eigenvalue weighted by molar-refractivity contribution is 7.45. The van der Waals surface area contributed by atoms with Crippen molar-refractivity contribution < 1.29 is 32.9 Å². The zero-order valence-corrected chi connectivity index (χ0v) is 21.5. The summed E-state index contributed by atoms with van der Waals surface area (Å²) in [6.07, 6.45) is 4.17. The maximum atomic E-state index is 11.9. The Morgan fingerprint density at radius 1 is 1.29 bits per heavy atom. The number of hydrogen-bond donors (Lipinski definition) is 2. The minimum atomic E-state index is -1.73. The molecule has 0 aliphatic heterocycles. The van der Waals surface area contributed by atoms with Gasteiger partial charge in [0.2, 0.25) is 6.41 Å². The van der Waals surface area contributed by atoms with Crippen molar-refractivity contribution in [3.63, 3.8) is 0 Å². The molecule has 0 aliphatic carbocycles. The first kappa shape index (κ1) is 29.8. The van der Waals surface area contributed by atoms with Gasteiger partial charge in [-0.15, -0.1) is 0 Å². The minimum absolute atomic E-state index is 0.0125. The number of hydrogen-bond acceptors (Lipinski definition) is 9. The van der Waals surface area contributed by atoms with E-state index < -0.39 is 20.4 Å². The quantitative estimate of drug-likeness (QED) is 0.139. The lowest BCUT2D eigenvalue weighted by Crippen LogP contribution is -2.32. The first-order chi connectivity index (χ1) is 16.3. The molecule has 190 valence electrons. The van der Waals surface area contributed by atoms with Crippen LogP contribution >= 0.6 is 20.1 Å². The first-order valence-electron chi connectivity index (χ1n) is 10.7. The molecule has 0 saturated carbocycles. The van der Waals surface area contributed by atoms with E-state index in [4.69, 9.17) is 30.1 Å². The van der Waals surface area contributed by atoms with Crippen molar-refractivity contribution in [1.29, 1.82) is 0 Å². The second-order valence-electron chi connectivity index (χ2n) is 7.18. The van der Waals surface area contributed by atoms with Gasteiger partial charge in [-0.3, -0.25) is 19.7 Å². The number of methoxy groups -OCH3 is 1. The number of imide groups is 1. The van der Waals surface area contributed by atoms with Crippen LogP contribution in [0.25, 0.3) is 0 Å². The lowest BCUT2D eigenvalue weighted by atomic mass is 10.1. The fourth-order valence-corrected chi connectivity index (χ4v) is 3.81. The molecule has 0 fully saturated rings. The van der Waals surface area contributed by atoms with Gasteiger partial charge < -0.3 is 23.4 Å². The number of benzene rings is 1. The Balaban J connectivity index is 2.70. The van der Waals surface area contributed by atoms with E-state index in [-0.39, 0.29) is 25.3 Å². The molecule has 0 saturated heterocycles. The van der Waals surface area contributed by atoms with Crippen LogP contribution in [0.4, 0.5) is 0 Å². The number of nitrogens with one attached hydrogen (secondary N) is 2. The van der Waals surface area contributed by atoms with Crippen LogP contribution in [-0.4, -0.2) is 69.2 Å². The van der Waals surface area contributed by atoms with E-state index in [1.165, 1.54) is 6.08 Å². The highest BCUT2D eigenvalue weighted by atomic mass is 35.5. The van der Waals surface area contributed by atoms with Crippen molar-refractivity contribution in [3.8, 4) is 5.75 Å². The third-order valence-corrected chi connectivity index (χ3v) is 5.98. The Kier molecular flexibility index (Phi) is 15.1. The third kappa shape index (κ3) is 12.3. The number of amides is 2. The van der Waals surface area contributed by atoms with Crippen LogP contribution in [0.15, 0.2) is 36.5 Å². The fourth-order valence-electron chi connectivity index (χ4n) is 2.48. The van der Waals surface area contributed by atoms with Crippen LogP contribution in [-0.2, 0) is 28.4 Å². The van der Waals surface area contributed by atoms with Crippen LogP contribution < -0.4 is 14.9 Å². The summed E-state index contributed by atoms with van der Waals surface area (Å²) in [5, 5.41) is 5.40. The molecular weight excluding hydrogens is 485 g/mol. The molecule has 10 nitrogen and oxygen atoms in total. The number of carbonyl (C=O) groups is 3. The van der Waals surface area contributed by atoms with Crippen LogP contribution in [0.5, 0.6) is 5.75 Å². The van der Waals surface area contributed by atoms with E-state index >= 15 is 0 Å². The van der Waals surface area contributed by atoms with Gasteiger partial charge in [-0.1, -0.05) is 30.7 Å². The predicted octanol–water partition coefficient (Wildman–Crippen LogP) is 3.02. The monoisotopic (exact) mass is 517 g/mol. The van der Waals surface area contributed by atoms with Gasteiger partial charge in [-0.05, 0) is 31.9 Å². The molecule has 3 unspecified atom stereocenters. The normalized spacial score (nSPS) is 13.7. The molecular formula is C22H33ClN3O7P. The Labute approximate surface area is 206 Å². The van der Waals surface area contributed by atoms with Crippen molar-refractivity contribution in [3.05, 3.63) is 41.6 Å². The van der Waals surface area contributed by atoms with Crippen LogP contribution in [0, 0.1) is 0 Å². The highest BCUT2D eigenvalue weighted by Crippen LogP contribution is 2.38. The van der Waals surface area contributed by atoms with Crippen LogP contribution in [0.1, 0.15) is 26.7 Å². The number of halogens is 1. The summed E-state index contributed by atoms with van der Waals surface area (Å²) in [5.41, 5.74) is 0. The van der Waals surface area contributed by atoms with Gasteiger partial charge in [-0.2, -0.15) is 0 Å². The SMILES string of the molecule is CCCOC(=O)CNP(OCC(CC(C)N(C)/C=C\C(=O)NC=O)OC)Oc1ccccc1Cl. The fraction of sp³-hybridized carbons (Fsp3) is 0.500. The number of esters is 1. The molecule has 0 spiro atoms. The number of para-hydroxylation sites is 1. The number of nitrogens with zero attached hydrogens (tertiary/aromatic N) is 1. The maximum Gasteiger partial charge on any atom is 0.320 e. The van der Waals surface area contributed by atoms with E-state index in [1.807, 2.05) is 24.1 Å². The minimum Gasteiger partial charge on any atom is -0.465 e. The van der Waals surface area contributed by atoms with E-state index in [9.17, 15) is 14.4 Å². The molecule has 0 radical (unpaired) electrons. The topological polar surface area (TPSA) is 115 Å². The summed E-state index contributed by atoms with van der Waals surface area (Å²) in [6.45, 7) is 4.31. The van der Waals surface area contributed by atoms with Gasteiger partial charge in [0.15, 0.2) is 0 Å². The van der Waals surface area contributed by atoms with Gasteiger partial charge in [0, 0.05) is 32.5 Å².